The number of halogens is 1. The SMILES string of the molecule is O=C1CN(C(=O)C2CCCN(Cc3cccc(Cl)c3)C2)c2ccccc2N1. The summed E-state index contributed by atoms with van der Waals surface area (Å²) in [5, 5.41) is 3.57. The lowest BCUT2D eigenvalue weighted by molar-refractivity contribution is -0.126. The van der Waals surface area contributed by atoms with Crippen LogP contribution in [0.25, 0.3) is 0 Å². The number of carbonyl (C=O) groups is 2. The first-order chi connectivity index (χ1) is 13.1. The summed E-state index contributed by atoms with van der Waals surface area (Å²) in [4.78, 5) is 29.2. The molecule has 1 saturated heterocycles. The number of piperidine rings is 1. The first kappa shape index (κ1) is 18.0. The Morgan fingerprint density at radius 2 is 2.04 bits per heavy atom. The average molecular weight is 384 g/mol. The fraction of sp³-hybridized carbons (Fsp3) is 0.333. The predicted molar refractivity (Wildman–Crippen MR) is 107 cm³/mol. The van der Waals surface area contributed by atoms with E-state index in [0.717, 1.165) is 42.2 Å². The number of nitrogens with one attached hydrogen (secondary N) is 1. The van der Waals surface area contributed by atoms with Crippen LogP contribution in [0.4, 0.5) is 11.4 Å². The van der Waals surface area contributed by atoms with Crippen molar-refractivity contribution in [1.82, 2.24) is 4.90 Å². The number of nitrogens with zero attached hydrogens (tertiary/aromatic N) is 2. The molecule has 6 heteroatoms. The topological polar surface area (TPSA) is 52.7 Å². The van der Waals surface area contributed by atoms with Crippen molar-refractivity contribution in [3.8, 4) is 0 Å². The Hall–Kier alpha value is -2.37. The third-order valence-electron chi connectivity index (χ3n) is 5.19. The molecule has 2 aromatic carbocycles. The van der Waals surface area contributed by atoms with E-state index in [1.54, 1.807) is 4.90 Å². The Morgan fingerprint density at radius 3 is 2.89 bits per heavy atom. The van der Waals surface area contributed by atoms with E-state index < -0.39 is 0 Å². The van der Waals surface area contributed by atoms with Gasteiger partial charge >= 0.3 is 0 Å². The van der Waals surface area contributed by atoms with Crippen LogP contribution in [0.3, 0.4) is 0 Å². The number of benzene rings is 2. The highest BCUT2D eigenvalue weighted by Crippen LogP contribution is 2.31. The van der Waals surface area contributed by atoms with E-state index in [-0.39, 0.29) is 24.3 Å². The van der Waals surface area contributed by atoms with Crippen LogP contribution in [-0.2, 0) is 16.1 Å². The lowest BCUT2D eigenvalue weighted by Gasteiger charge is -2.36. The molecule has 2 aliphatic heterocycles. The molecule has 5 nitrogen and oxygen atoms in total. The summed E-state index contributed by atoms with van der Waals surface area (Å²) in [6.45, 7) is 2.53. The zero-order valence-electron chi connectivity index (χ0n) is 15.0. The molecule has 1 unspecified atom stereocenters. The van der Waals surface area contributed by atoms with Crippen LogP contribution in [0.5, 0.6) is 0 Å². The predicted octanol–water partition coefficient (Wildman–Crippen LogP) is 3.54. The molecule has 2 heterocycles. The monoisotopic (exact) mass is 383 g/mol. The van der Waals surface area contributed by atoms with Gasteiger partial charge in [-0.3, -0.25) is 14.5 Å². The molecule has 0 bridgehead atoms. The van der Waals surface area contributed by atoms with Crippen LogP contribution in [0.1, 0.15) is 18.4 Å². The number of carbonyl (C=O) groups excluding carboxylic acids is 2. The van der Waals surface area contributed by atoms with E-state index in [9.17, 15) is 9.59 Å². The van der Waals surface area contributed by atoms with Gasteiger partial charge in [-0.2, -0.15) is 0 Å². The highest BCUT2D eigenvalue weighted by Gasteiger charge is 2.33. The number of anilines is 2. The van der Waals surface area contributed by atoms with Crippen molar-refractivity contribution >= 4 is 34.8 Å². The van der Waals surface area contributed by atoms with Crippen molar-refractivity contribution in [1.29, 1.82) is 0 Å². The number of rotatable bonds is 3. The molecule has 1 atom stereocenters. The second kappa shape index (κ2) is 7.71. The summed E-state index contributed by atoms with van der Waals surface area (Å²) >= 11 is 6.09. The highest BCUT2D eigenvalue weighted by atomic mass is 35.5. The zero-order valence-corrected chi connectivity index (χ0v) is 15.8. The van der Waals surface area contributed by atoms with Crippen molar-refractivity contribution in [2.45, 2.75) is 19.4 Å². The minimum atomic E-state index is -0.145. The van der Waals surface area contributed by atoms with E-state index >= 15 is 0 Å². The van der Waals surface area contributed by atoms with Gasteiger partial charge in [0.2, 0.25) is 11.8 Å². The Morgan fingerprint density at radius 1 is 1.19 bits per heavy atom. The van der Waals surface area contributed by atoms with Crippen LogP contribution in [-0.4, -0.2) is 36.3 Å². The van der Waals surface area contributed by atoms with E-state index in [2.05, 4.69) is 16.3 Å². The number of hydrogen-bond donors (Lipinski definition) is 1. The molecule has 1 N–H and O–H groups in total. The van der Waals surface area contributed by atoms with Crippen molar-refractivity contribution in [2.75, 3.05) is 29.9 Å². The first-order valence-corrected chi connectivity index (χ1v) is 9.65. The third kappa shape index (κ3) is 3.99. The van der Waals surface area contributed by atoms with Gasteiger partial charge in [-0.05, 0) is 49.2 Å². The van der Waals surface area contributed by atoms with E-state index in [1.807, 2.05) is 42.5 Å². The summed E-state index contributed by atoms with van der Waals surface area (Å²) in [6.07, 6.45) is 1.82. The van der Waals surface area contributed by atoms with Gasteiger partial charge in [-0.1, -0.05) is 35.9 Å². The summed E-state index contributed by atoms with van der Waals surface area (Å²) < 4.78 is 0. The molecule has 0 spiro atoms. The Bertz CT molecular complexity index is 870. The van der Waals surface area contributed by atoms with Gasteiger partial charge in [0.05, 0.1) is 17.3 Å². The molecule has 0 saturated carbocycles. The lowest BCUT2D eigenvalue weighted by Crippen LogP contribution is -2.48. The zero-order chi connectivity index (χ0) is 18.8. The molecule has 4 rings (SSSR count). The average Bonchev–Trinajstić information content (AvgIpc) is 2.67. The van der Waals surface area contributed by atoms with Crippen molar-refractivity contribution in [3.63, 3.8) is 0 Å². The number of hydrogen-bond acceptors (Lipinski definition) is 3. The van der Waals surface area contributed by atoms with Crippen molar-refractivity contribution in [2.24, 2.45) is 5.92 Å². The van der Waals surface area contributed by atoms with Crippen LogP contribution >= 0.6 is 11.6 Å². The fourth-order valence-electron chi connectivity index (χ4n) is 3.94. The largest absolute Gasteiger partial charge is 0.323 e. The summed E-state index contributed by atoms with van der Waals surface area (Å²) in [5.41, 5.74) is 2.64. The molecule has 0 aliphatic carbocycles. The smallest absolute Gasteiger partial charge is 0.244 e. The van der Waals surface area contributed by atoms with Gasteiger partial charge in [0, 0.05) is 18.1 Å². The lowest BCUT2D eigenvalue weighted by atomic mass is 9.95. The van der Waals surface area contributed by atoms with Gasteiger partial charge in [0.25, 0.3) is 0 Å². The Balaban J connectivity index is 1.48. The third-order valence-corrected chi connectivity index (χ3v) is 5.42. The van der Waals surface area contributed by atoms with Crippen molar-refractivity contribution < 1.29 is 9.59 Å². The molecular weight excluding hydrogens is 362 g/mol. The van der Waals surface area contributed by atoms with Crippen LogP contribution in [0.2, 0.25) is 5.02 Å². The number of para-hydroxylation sites is 2. The molecule has 1 fully saturated rings. The van der Waals surface area contributed by atoms with Gasteiger partial charge in [-0.15, -0.1) is 0 Å². The van der Waals surface area contributed by atoms with Crippen LogP contribution in [0.15, 0.2) is 48.5 Å². The maximum absolute atomic E-state index is 13.2. The Kier molecular flexibility index (Phi) is 5.14. The first-order valence-electron chi connectivity index (χ1n) is 9.27. The minimum Gasteiger partial charge on any atom is -0.323 e. The maximum Gasteiger partial charge on any atom is 0.244 e. The number of amides is 2. The van der Waals surface area contributed by atoms with Gasteiger partial charge in [0.1, 0.15) is 6.54 Å². The van der Waals surface area contributed by atoms with E-state index in [4.69, 9.17) is 11.6 Å². The fourth-order valence-corrected chi connectivity index (χ4v) is 4.16. The molecule has 2 amide bonds. The standard InChI is InChI=1S/C21H22ClN3O2/c22-17-7-3-5-15(11-17)12-24-10-4-6-16(13-24)21(27)25-14-20(26)23-18-8-1-2-9-19(18)25/h1-3,5,7-9,11,16H,4,6,10,12-14H2,(H,23,26). The number of fused-ring (bicyclic) bond motifs is 1. The second-order valence-electron chi connectivity index (χ2n) is 7.19. The molecule has 2 aliphatic rings. The van der Waals surface area contributed by atoms with Crippen LogP contribution < -0.4 is 10.2 Å². The quantitative estimate of drug-likeness (QED) is 0.882. The summed E-state index contributed by atoms with van der Waals surface area (Å²) in [5.74, 6) is -0.210. The summed E-state index contributed by atoms with van der Waals surface area (Å²) in [6, 6.07) is 15.3. The van der Waals surface area contributed by atoms with Gasteiger partial charge < -0.3 is 10.2 Å². The van der Waals surface area contributed by atoms with E-state index in [1.165, 1.54) is 0 Å². The Labute approximate surface area is 163 Å². The minimum absolute atomic E-state index is 0.0353. The van der Waals surface area contributed by atoms with Crippen LogP contribution in [0, 0.1) is 5.92 Å². The molecular formula is C21H22ClN3O2. The van der Waals surface area contributed by atoms with Gasteiger partial charge in [0.15, 0.2) is 0 Å². The highest BCUT2D eigenvalue weighted by molar-refractivity contribution is 6.30. The second-order valence-corrected chi connectivity index (χ2v) is 7.63. The van der Waals surface area contributed by atoms with E-state index in [0.29, 0.717) is 12.2 Å². The maximum atomic E-state index is 13.2. The molecule has 27 heavy (non-hydrogen) atoms. The normalized spacial score (nSPS) is 20.1. The molecule has 0 radical (unpaired) electrons. The molecule has 2 aromatic rings. The van der Waals surface area contributed by atoms with Gasteiger partial charge in [-0.25, -0.2) is 0 Å². The van der Waals surface area contributed by atoms with Crippen molar-refractivity contribution in [3.05, 3.63) is 59.1 Å². The molecule has 0 aromatic heterocycles. The summed E-state index contributed by atoms with van der Waals surface area (Å²) in [7, 11) is 0. The number of likely N-dealkylation sites (tertiary alicyclic amines) is 1. The molecule has 140 valence electrons.